The van der Waals surface area contributed by atoms with Crippen molar-refractivity contribution in [2.75, 3.05) is 17.7 Å². The molecule has 0 aliphatic heterocycles. The van der Waals surface area contributed by atoms with Crippen LogP contribution in [0.2, 0.25) is 0 Å². The number of H-pyrrole nitrogens is 1. The maximum Gasteiger partial charge on any atom is 0.226 e. The molecular formula is C12H14N6O. The molecule has 3 aromatic rings. The molecule has 19 heavy (non-hydrogen) atoms. The first-order chi connectivity index (χ1) is 9.26. The van der Waals surface area contributed by atoms with Gasteiger partial charge in [-0.1, -0.05) is 0 Å². The van der Waals surface area contributed by atoms with Crippen molar-refractivity contribution in [1.82, 2.24) is 19.9 Å². The third kappa shape index (κ3) is 2.22. The molecule has 3 heterocycles. The maximum absolute atomic E-state index is 5.51. The van der Waals surface area contributed by atoms with E-state index in [-0.39, 0.29) is 0 Å². The Morgan fingerprint density at radius 3 is 2.95 bits per heavy atom. The van der Waals surface area contributed by atoms with E-state index in [0.29, 0.717) is 24.0 Å². The number of anilines is 2. The molecule has 0 atom stereocenters. The molecule has 0 fully saturated rings. The summed E-state index contributed by atoms with van der Waals surface area (Å²) in [5, 5.41) is 6.13. The fraction of sp³-hybridized carbons (Fsp3) is 0.250. The van der Waals surface area contributed by atoms with Crippen molar-refractivity contribution in [3.8, 4) is 0 Å². The van der Waals surface area contributed by atoms with Gasteiger partial charge in [0.2, 0.25) is 5.95 Å². The Labute approximate surface area is 109 Å². The number of nitrogens with one attached hydrogen (secondary N) is 3. The predicted molar refractivity (Wildman–Crippen MR) is 72.0 cm³/mol. The molecule has 0 amide bonds. The standard InChI is InChI=1S/C12H14N6O/c1-7-3-4-8(19-7)5-14-10-9-11(16-6-15-9)18-12(13-2)17-10/h3-4,6H,5H2,1-2H3,(H3,13,14,15,16,17,18). The molecule has 7 heteroatoms. The number of fused-ring (bicyclic) bond motifs is 1. The fourth-order valence-electron chi connectivity index (χ4n) is 1.82. The zero-order valence-electron chi connectivity index (χ0n) is 10.7. The Morgan fingerprint density at radius 2 is 2.21 bits per heavy atom. The van der Waals surface area contributed by atoms with E-state index in [1.165, 1.54) is 0 Å². The van der Waals surface area contributed by atoms with Gasteiger partial charge in [0.15, 0.2) is 11.5 Å². The molecule has 98 valence electrons. The van der Waals surface area contributed by atoms with E-state index in [1.54, 1.807) is 13.4 Å². The van der Waals surface area contributed by atoms with Crippen LogP contribution in [0.4, 0.5) is 11.8 Å². The van der Waals surface area contributed by atoms with Crippen LogP contribution in [0.15, 0.2) is 22.9 Å². The van der Waals surface area contributed by atoms with E-state index in [0.717, 1.165) is 17.0 Å². The summed E-state index contributed by atoms with van der Waals surface area (Å²) in [6, 6.07) is 3.87. The lowest BCUT2D eigenvalue weighted by Gasteiger charge is -2.06. The van der Waals surface area contributed by atoms with Crippen molar-refractivity contribution in [3.63, 3.8) is 0 Å². The van der Waals surface area contributed by atoms with Crippen LogP contribution in [0.1, 0.15) is 11.5 Å². The van der Waals surface area contributed by atoms with Crippen molar-refractivity contribution in [3.05, 3.63) is 30.0 Å². The number of aromatic amines is 1. The molecule has 0 radical (unpaired) electrons. The first kappa shape index (κ1) is 11.5. The first-order valence-corrected chi connectivity index (χ1v) is 5.94. The summed E-state index contributed by atoms with van der Waals surface area (Å²) >= 11 is 0. The van der Waals surface area contributed by atoms with Gasteiger partial charge in [-0.15, -0.1) is 0 Å². The molecule has 3 aromatic heterocycles. The Kier molecular flexibility index (Phi) is 2.79. The average molecular weight is 258 g/mol. The molecule has 0 saturated heterocycles. The minimum absolute atomic E-state index is 0.526. The molecule has 3 N–H and O–H groups in total. The third-order valence-corrected chi connectivity index (χ3v) is 2.74. The van der Waals surface area contributed by atoms with Crippen LogP contribution in [0.5, 0.6) is 0 Å². The molecule has 0 unspecified atom stereocenters. The van der Waals surface area contributed by atoms with Crippen molar-refractivity contribution < 1.29 is 4.42 Å². The highest BCUT2D eigenvalue weighted by atomic mass is 16.3. The average Bonchev–Trinajstić information content (AvgIpc) is 3.04. The maximum atomic E-state index is 5.51. The second-order valence-corrected chi connectivity index (χ2v) is 4.11. The van der Waals surface area contributed by atoms with E-state index < -0.39 is 0 Å². The highest BCUT2D eigenvalue weighted by Crippen LogP contribution is 2.19. The number of hydrogen-bond acceptors (Lipinski definition) is 6. The zero-order chi connectivity index (χ0) is 13.2. The van der Waals surface area contributed by atoms with Gasteiger partial charge >= 0.3 is 0 Å². The molecule has 0 bridgehead atoms. The van der Waals surface area contributed by atoms with Crippen LogP contribution in [0.3, 0.4) is 0 Å². The number of rotatable bonds is 4. The molecule has 0 spiro atoms. The fourth-order valence-corrected chi connectivity index (χ4v) is 1.82. The number of hydrogen-bond donors (Lipinski definition) is 3. The smallest absolute Gasteiger partial charge is 0.226 e. The number of furan rings is 1. The van der Waals surface area contributed by atoms with E-state index in [9.17, 15) is 0 Å². The van der Waals surface area contributed by atoms with Gasteiger partial charge in [0.1, 0.15) is 17.0 Å². The second kappa shape index (κ2) is 4.60. The van der Waals surface area contributed by atoms with Crippen molar-refractivity contribution >= 4 is 22.9 Å². The monoisotopic (exact) mass is 258 g/mol. The summed E-state index contributed by atoms with van der Waals surface area (Å²) in [7, 11) is 1.77. The second-order valence-electron chi connectivity index (χ2n) is 4.11. The number of aromatic nitrogens is 4. The molecule has 0 aromatic carbocycles. The third-order valence-electron chi connectivity index (χ3n) is 2.74. The molecule has 0 saturated carbocycles. The van der Waals surface area contributed by atoms with Crippen molar-refractivity contribution in [2.24, 2.45) is 0 Å². The minimum atomic E-state index is 0.526. The normalized spacial score (nSPS) is 10.8. The van der Waals surface area contributed by atoms with Crippen LogP contribution in [-0.2, 0) is 6.54 Å². The predicted octanol–water partition coefficient (Wildman–Crippen LogP) is 1.91. The Bertz CT molecular complexity index is 701. The molecule has 0 aliphatic carbocycles. The summed E-state index contributed by atoms with van der Waals surface area (Å²) in [5.41, 5.74) is 1.40. The van der Waals surface area contributed by atoms with E-state index in [2.05, 4.69) is 30.6 Å². The molecule has 0 aliphatic rings. The van der Waals surface area contributed by atoms with Crippen LogP contribution < -0.4 is 10.6 Å². The van der Waals surface area contributed by atoms with Crippen LogP contribution in [0, 0.1) is 6.92 Å². The molecule has 3 rings (SSSR count). The summed E-state index contributed by atoms with van der Waals surface area (Å²) in [4.78, 5) is 15.8. The van der Waals surface area contributed by atoms with Crippen LogP contribution >= 0.6 is 0 Å². The SMILES string of the molecule is CNc1nc(NCc2ccc(C)o2)c2[nH]cnc2n1. The van der Waals surface area contributed by atoms with E-state index in [1.807, 2.05) is 19.1 Å². The molecule has 7 nitrogen and oxygen atoms in total. The Hall–Kier alpha value is -2.57. The molecular weight excluding hydrogens is 244 g/mol. The van der Waals surface area contributed by atoms with Crippen LogP contribution in [-0.4, -0.2) is 27.0 Å². The van der Waals surface area contributed by atoms with Gasteiger partial charge in [0, 0.05) is 7.05 Å². The summed E-state index contributed by atoms with van der Waals surface area (Å²) in [5.74, 6) is 2.97. The lowest BCUT2D eigenvalue weighted by atomic mass is 10.4. The Balaban J connectivity index is 1.88. The van der Waals surface area contributed by atoms with Crippen molar-refractivity contribution in [1.29, 1.82) is 0 Å². The summed E-state index contributed by atoms with van der Waals surface area (Å²) in [6.07, 6.45) is 1.60. The Morgan fingerprint density at radius 1 is 1.32 bits per heavy atom. The minimum Gasteiger partial charge on any atom is -0.465 e. The van der Waals surface area contributed by atoms with Gasteiger partial charge in [-0.25, -0.2) is 4.98 Å². The van der Waals surface area contributed by atoms with Crippen molar-refractivity contribution in [2.45, 2.75) is 13.5 Å². The summed E-state index contributed by atoms with van der Waals surface area (Å²) < 4.78 is 5.51. The van der Waals surface area contributed by atoms with Crippen LogP contribution in [0.25, 0.3) is 11.2 Å². The zero-order valence-corrected chi connectivity index (χ0v) is 10.7. The highest BCUT2D eigenvalue weighted by molar-refractivity contribution is 5.83. The highest BCUT2D eigenvalue weighted by Gasteiger charge is 2.09. The van der Waals surface area contributed by atoms with Gasteiger partial charge < -0.3 is 20.0 Å². The van der Waals surface area contributed by atoms with Gasteiger partial charge in [-0.3, -0.25) is 0 Å². The largest absolute Gasteiger partial charge is 0.465 e. The van der Waals surface area contributed by atoms with Gasteiger partial charge in [-0.05, 0) is 19.1 Å². The number of aryl methyl sites for hydroxylation is 1. The summed E-state index contributed by atoms with van der Waals surface area (Å²) in [6.45, 7) is 2.47. The topological polar surface area (TPSA) is 91.7 Å². The number of nitrogens with zero attached hydrogens (tertiary/aromatic N) is 3. The van der Waals surface area contributed by atoms with Gasteiger partial charge in [0.05, 0.1) is 12.9 Å². The lowest BCUT2D eigenvalue weighted by Crippen LogP contribution is -2.05. The van der Waals surface area contributed by atoms with Gasteiger partial charge in [-0.2, -0.15) is 9.97 Å². The van der Waals surface area contributed by atoms with E-state index >= 15 is 0 Å². The first-order valence-electron chi connectivity index (χ1n) is 5.94. The number of imidazole rings is 1. The van der Waals surface area contributed by atoms with E-state index in [4.69, 9.17) is 4.42 Å². The van der Waals surface area contributed by atoms with Gasteiger partial charge in [0.25, 0.3) is 0 Å². The quantitative estimate of drug-likeness (QED) is 0.662. The lowest BCUT2D eigenvalue weighted by molar-refractivity contribution is 0.490.